The van der Waals surface area contributed by atoms with E-state index in [1.54, 1.807) is 22.7 Å². The minimum atomic E-state index is -1.48. The number of rotatable bonds is 23. The van der Waals surface area contributed by atoms with Crippen LogP contribution < -0.4 is 14.2 Å². The van der Waals surface area contributed by atoms with Gasteiger partial charge in [0.15, 0.2) is 0 Å². The molecule has 2 aliphatic heterocycles. The van der Waals surface area contributed by atoms with Gasteiger partial charge in [0.2, 0.25) is 12.1 Å². The first-order chi connectivity index (χ1) is 31.8. The highest BCUT2D eigenvalue weighted by atomic mass is 32.2. The summed E-state index contributed by atoms with van der Waals surface area (Å²) >= 11 is 1.73. The number of ether oxygens (including phenoxy) is 5. The molecule has 7 rings (SSSR count). The highest BCUT2D eigenvalue weighted by Gasteiger charge is 2.65. The maximum atomic E-state index is 14.7. The predicted octanol–water partition coefficient (Wildman–Crippen LogP) is 9.84. The van der Waals surface area contributed by atoms with Gasteiger partial charge in [-0.05, 0) is 105 Å². The van der Waals surface area contributed by atoms with Gasteiger partial charge in [0.25, 0.3) is 5.69 Å². The number of nitro groups is 1. The Hall–Kier alpha value is -4.93. The fourth-order valence-corrected chi connectivity index (χ4v) is 10.7. The van der Waals surface area contributed by atoms with Crippen molar-refractivity contribution in [3.63, 3.8) is 0 Å². The lowest BCUT2D eigenvalue weighted by Gasteiger charge is -2.59. The first kappa shape index (κ1) is 48.0. The molecule has 1 amide bonds. The van der Waals surface area contributed by atoms with Crippen LogP contribution in [-0.2, 0) is 14.3 Å². The summed E-state index contributed by atoms with van der Waals surface area (Å²) in [7, 11) is 0. The summed E-state index contributed by atoms with van der Waals surface area (Å²) in [6.07, 6.45) is 10.6. The minimum Gasteiger partial charge on any atom is -0.493 e. The van der Waals surface area contributed by atoms with E-state index in [-0.39, 0.29) is 62.0 Å². The Kier molecular flexibility index (Phi) is 17.4. The summed E-state index contributed by atoms with van der Waals surface area (Å²) in [5.74, 6) is 0.0639. The molecule has 3 aromatic rings. The van der Waals surface area contributed by atoms with Crippen molar-refractivity contribution in [3.8, 4) is 17.2 Å². The third-order valence-electron chi connectivity index (χ3n) is 12.8. The number of non-ortho nitro benzene ring substituents is 1. The number of benzene rings is 3. The van der Waals surface area contributed by atoms with Crippen molar-refractivity contribution in [3.05, 3.63) is 113 Å². The highest BCUT2D eigenvalue weighted by molar-refractivity contribution is 7.99. The van der Waals surface area contributed by atoms with Gasteiger partial charge in [-0.1, -0.05) is 55.3 Å². The summed E-state index contributed by atoms with van der Waals surface area (Å²) in [6.45, 7) is 7.60. The van der Waals surface area contributed by atoms with Crippen molar-refractivity contribution in [2.45, 2.75) is 106 Å². The quantitative estimate of drug-likeness (QED) is 0.0304. The number of nitro benzene ring substituents is 1. The average Bonchev–Trinajstić information content (AvgIpc) is 3.32. The summed E-state index contributed by atoms with van der Waals surface area (Å²) in [6, 6.07) is 20.8. The highest BCUT2D eigenvalue weighted by Crippen LogP contribution is 2.62. The molecule has 65 heavy (non-hydrogen) atoms. The van der Waals surface area contributed by atoms with Crippen LogP contribution in [0.1, 0.15) is 89.0 Å². The number of allylic oxidation sites excluding steroid dienone is 1. The summed E-state index contributed by atoms with van der Waals surface area (Å²) < 4.78 is 32.9. The maximum Gasteiger partial charge on any atom is 0.415 e. The van der Waals surface area contributed by atoms with E-state index in [1.165, 1.54) is 29.2 Å². The second kappa shape index (κ2) is 23.5. The van der Waals surface area contributed by atoms with Gasteiger partial charge in [0.05, 0.1) is 36.4 Å². The molecule has 0 bridgehead atoms. The van der Waals surface area contributed by atoms with Crippen LogP contribution in [0.3, 0.4) is 0 Å². The fourth-order valence-electron chi connectivity index (χ4n) is 9.90. The summed E-state index contributed by atoms with van der Waals surface area (Å²) in [5, 5.41) is 36.3. The zero-order valence-corrected chi connectivity index (χ0v) is 38.1. The second-order valence-corrected chi connectivity index (χ2v) is 18.2. The normalized spacial score (nSPS) is 25.0. The number of thioether (sulfide) groups is 1. The van der Waals surface area contributed by atoms with Crippen molar-refractivity contribution in [2.24, 2.45) is 22.9 Å². The van der Waals surface area contributed by atoms with Crippen LogP contribution >= 0.6 is 11.8 Å². The van der Waals surface area contributed by atoms with Gasteiger partial charge < -0.3 is 38.7 Å². The average molecular weight is 914 g/mol. The lowest BCUT2D eigenvalue weighted by atomic mass is 9.55. The van der Waals surface area contributed by atoms with Gasteiger partial charge in [-0.15, -0.1) is 18.3 Å². The number of aliphatic hydroxyl groups excluding tert-OH is 2. The number of carbonyl (C=O) groups is 1. The number of nitrogens with zero attached hydrogens (tertiary/aromatic N) is 3. The zero-order chi connectivity index (χ0) is 45.6. The topological polar surface area (TPSA) is 172 Å². The molecule has 4 aliphatic rings. The van der Waals surface area contributed by atoms with E-state index < -0.39 is 35.1 Å². The summed E-state index contributed by atoms with van der Waals surface area (Å²) in [4.78, 5) is 34.7. The number of amides is 1. The smallest absolute Gasteiger partial charge is 0.415 e. The van der Waals surface area contributed by atoms with Gasteiger partial charge in [-0.25, -0.2) is 4.79 Å². The summed E-state index contributed by atoms with van der Waals surface area (Å²) in [5.41, 5.74) is 2.40. The van der Waals surface area contributed by atoms with Gasteiger partial charge in [0, 0.05) is 66.9 Å². The van der Waals surface area contributed by atoms with E-state index in [4.69, 9.17) is 33.7 Å². The molecule has 3 aromatic carbocycles. The largest absolute Gasteiger partial charge is 0.493 e. The molecular weight excluding hydrogens is 851 g/mol. The Morgan fingerprint density at radius 2 is 1.80 bits per heavy atom. The van der Waals surface area contributed by atoms with E-state index in [2.05, 4.69) is 30.9 Å². The molecule has 2 fully saturated rings. The molecule has 7 atom stereocenters. The van der Waals surface area contributed by atoms with E-state index in [0.717, 1.165) is 55.4 Å². The number of oxime groups is 1. The third kappa shape index (κ3) is 11.5. The van der Waals surface area contributed by atoms with Gasteiger partial charge in [-0.3, -0.25) is 15.0 Å². The fraction of sp³-hybridized carbons (Fsp3) is 0.520. The molecule has 15 heteroatoms. The molecule has 2 heterocycles. The minimum absolute atomic E-state index is 0.0292. The van der Waals surface area contributed by atoms with Crippen LogP contribution in [0.15, 0.2) is 107 Å². The maximum absolute atomic E-state index is 14.7. The van der Waals surface area contributed by atoms with E-state index in [1.807, 2.05) is 37.3 Å². The number of hydrogen-bond acceptors (Lipinski definition) is 13. The molecule has 0 aromatic heterocycles. The van der Waals surface area contributed by atoms with Crippen LogP contribution in [0.5, 0.6) is 17.2 Å². The Balaban J connectivity index is 1.36. The molecule has 350 valence electrons. The van der Waals surface area contributed by atoms with Crippen LogP contribution in [0.25, 0.3) is 0 Å². The lowest BCUT2D eigenvalue weighted by Crippen LogP contribution is -2.70. The van der Waals surface area contributed by atoms with Gasteiger partial charge in [0.1, 0.15) is 23.3 Å². The Morgan fingerprint density at radius 3 is 2.51 bits per heavy atom. The molecule has 1 saturated carbocycles. The number of hydrogen-bond donors (Lipinski definition) is 2. The zero-order valence-electron chi connectivity index (χ0n) is 37.3. The Labute approximate surface area is 386 Å². The monoisotopic (exact) mass is 913 g/mol. The third-order valence-corrected chi connectivity index (χ3v) is 13.7. The molecule has 1 unspecified atom stereocenters. The van der Waals surface area contributed by atoms with Crippen molar-refractivity contribution in [1.82, 2.24) is 4.90 Å². The first-order valence-corrected chi connectivity index (χ1v) is 24.2. The van der Waals surface area contributed by atoms with Crippen LogP contribution in [0.4, 0.5) is 10.5 Å². The van der Waals surface area contributed by atoms with Crippen LogP contribution in [-0.4, -0.2) is 95.3 Å². The molecule has 0 spiro atoms. The van der Waals surface area contributed by atoms with Crippen molar-refractivity contribution in [1.29, 1.82) is 0 Å². The lowest BCUT2D eigenvalue weighted by molar-refractivity contribution is -0.384. The molecule has 1 saturated heterocycles. The van der Waals surface area contributed by atoms with Crippen molar-refractivity contribution >= 4 is 29.3 Å². The molecule has 14 nitrogen and oxygen atoms in total. The van der Waals surface area contributed by atoms with E-state index in [9.17, 15) is 25.1 Å². The van der Waals surface area contributed by atoms with Gasteiger partial charge >= 0.3 is 6.09 Å². The Bertz CT molecular complexity index is 2100. The molecule has 2 aliphatic carbocycles. The predicted molar refractivity (Wildman–Crippen MR) is 248 cm³/mol. The van der Waals surface area contributed by atoms with Crippen LogP contribution in [0, 0.1) is 27.9 Å². The van der Waals surface area contributed by atoms with Gasteiger partial charge in [-0.2, -0.15) is 0 Å². The van der Waals surface area contributed by atoms with Crippen LogP contribution in [0.2, 0.25) is 0 Å². The number of fused-ring (bicyclic) bond motifs is 2. The number of carbonyl (C=O) groups excluding carboxylic acids is 1. The second-order valence-electron chi connectivity index (χ2n) is 17.0. The SMILES string of the molecule is C=CCO[C@@]12Oc3ccc(OCCSc4ccccc4)cc3[C@H]3[C@H](CCCCO)[C@@H](CCCCO)C=C(C(=NOC4CCCCO4)C[C@@H]1N(CCC)C(=O)Oc1ccc([N+](=O)[O-])cc1)[C@H]32. The van der Waals surface area contributed by atoms with E-state index in [0.29, 0.717) is 56.1 Å². The number of aliphatic hydroxyl groups is 2. The van der Waals surface area contributed by atoms with E-state index >= 15 is 0 Å². The molecule has 2 N–H and O–H groups in total. The van der Waals surface area contributed by atoms with Crippen molar-refractivity contribution in [2.75, 3.05) is 45.3 Å². The Morgan fingerprint density at radius 1 is 1.03 bits per heavy atom. The standard InChI is InChI=1S/C50H63N3O11S/c1-3-25-52(49(56)62-37-21-19-36(20-22-37)53(57)58)45-34-43(51-64-46-18-10-13-29-60-46)41-32-35(14-8-11-26-54)40(17-9-12-27-55)47-42-33-38(59-30-31-65-39-15-6-5-7-16-39)23-24-44(42)63-50(45,48(41)47)61-28-4-2/h4-7,15-16,19-24,32-33,35,40,45-48,54-55H,2-3,8-14,17-18,25-31,34H2,1H3/t35-,40+,45-,46?,47+,48+,50+/m0/s1. The first-order valence-electron chi connectivity index (χ1n) is 23.2. The molecular formula is C50H63N3O11S. The van der Waals surface area contributed by atoms with Crippen molar-refractivity contribution < 1.29 is 48.5 Å². The number of unbranched alkanes of at least 4 members (excludes halogenated alkanes) is 2. The molecule has 0 radical (unpaired) electrons.